The van der Waals surface area contributed by atoms with E-state index in [4.69, 9.17) is 11.6 Å². The molecule has 2 amide bonds. The smallest absolute Gasteiger partial charge is 0.322 e. The van der Waals surface area contributed by atoms with E-state index < -0.39 is 5.82 Å². The summed E-state index contributed by atoms with van der Waals surface area (Å²) in [6.07, 6.45) is 6.41. The molecular weight excluding hydrogens is 393 g/mol. The SMILES string of the molecule is CCN(C(=O)Nc1ccc(F)c(Cl)c1)[C@@H]1CCCc2[nH]c(=O)c3c(c21)CCCC3. The number of rotatable bonds is 3. The highest BCUT2D eigenvalue weighted by molar-refractivity contribution is 6.31. The highest BCUT2D eigenvalue weighted by Gasteiger charge is 2.33. The van der Waals surface area contributed by atoms with Gasteiger partial charge in [-0.3, -0.25) is 4.79 Å². The first kappa shape index (κ1) is 20.0. The zero-order chi connectivity index (χ0) is 20.5. The Labute approximate surface area is 174 Å². The van der Waals surface area contributed by atoms with Crippen LogP contribution in [0.2, 0.25) is 5.02 Å². The molecule has 0 bridgehead atoms. The summed E-state index contributed by atoms with van der Waals surface area (Å²) in [6.45, 7) is 2.47. The first-order valence-electron chi connectivity index (χ1n) is 10.3. The van der Waals surface area contributed by atoms with Crippen molar-refractivity contribution in [3.05, 3.63) is 61.8 Å². The van der Waals surface area contributed by atoms with Gasteiger partial charge in [0.1, 0.15) is 5.82 Å². The van der Waals surface area contributed by atoms with Gasteiger partial charge in [0.25, 0.3) is 5.56 Å². The molecule has 2 N–H and O–H groups in total. The molecule has 0 unspecified atom stereocenters. The normalized spacial score (nSPS) is 18.0. The van der Waals surface area contributed by atoms with E-state index in [-0.39, 0.29) is 22.7 Å². The van der Waals surface area contributed by atoms with E-state index in [0.29, 0.717) is 12.2 Å². The molecule has 1 atom stereocenters. The second-order valence-corrected chi connectivity index (χ2v) is 8.17. The number of H-pyrrole nitrogens is 1. The minimum atomic E-state index is -0.520. The zero-order valence-electron chi connectivity index (χ0n) is 16.5. The monoisotopic (exact) mass is 417 g/mol. The molecule has 5 nitrogen and oxygen atoms in total. The lowest BCUT2D eigenvalue weighted by Gasteiger charge is -2.37. The van der Waals surface area contributed by atoms with Crippen LogP contribution < -0.4 is 10.9 Å². The van der Waals surface area contributed by atoms with Gasteiger partial charge in [0.15, 0.2) is 0 Å². The van der Waals surface area contributed by atoms with Crippen LogP contribution in [0, 0.1) is 5.82 Å². The molecule has 2 aliphatic carbocycles. The Balaban J connectivity index is 1.68. The number of urea groups is 1. The summed E-state index contributed by atoms with van der Waals surface area (Å²) < 4.78 is 13.4. The summed E-state index contributed by atoms with van der Waals surface area (Å²) >= 11 is 5.85. The fourth-order valence-corrected chi connectivity index (χ4v) is 4.90. The lowest BCUT2D eigenvalue weighted by Crippen LogP contribution is -2.41. The van der Waals surface area contributed by atoms with Crippen LogP contribution in [0.4, 0.5) is 14.9 Å². The van der Waals surface area contributed by atoms with Gasteiger partial charge in [-0.1, -0.05) is 11.6 Å². The van der Waals surface area contributed by atoms with Crippen LogP contribution in [0.1, 0.15) is 61.0 Å². The standard InChI is InChI=1S/C22H25ClFN3O2/c1-2-27(22(29)25-13-10-11-17(24)16(23)12-13)19-9-5-8-18-20(19)14-6-3-4-7-15(14)21(28)26-18/h10-12,19H,2-9H2,1H3,(H,25,29)(H,26,28)/t19-/m1/s1. The lowest BCUT2D eigenvalue weighted by atomic mass is 9.80. The number of anilines is 1. The van der Waals surface area contributed by atoms with Crippen molar-refractivity contribution in [3.63, 3.8) is 0 Å². The number of hydrogen-bond acceptors (Lipinski definition) is 2. The van der Waals surface area contributed by atoms with Gasteiger partial charge in [0, 0.05) is 23.5 Å². The lowest BCUT2D eigenvalue weighted by molar-refractivity contribution is 0.183. The first-order chi connectivity index (χ1) is 14.0. The molecule has 0 aliphatic heterocycles. The average Bonchev–Trinajstić information content (AvgIpc) is 2.71. The number of nitrogens with one attached hydrogen (secondary N) is 2. The third-order valence-electron chi connectivity index (χ3n) is 6.04. The van der Waals surface area contributed by atoms with Gasteiger partial charge in [0.2, 0.25) is 0 Å². The molecule has 154 valence electrons. The van der Waals surface area contributed by atoms with E-state index in [1.54, 1.807) is 0 Å². The van der Waals surface area contributed by atoms with E-state index in [1.807, 2.05) is 11.8 Å². The average molecular weight is 418 g/mol. The molecule has 1 heterocycles. The molecule has 0 fully saturated rings. The number of nitrogens with zero attached hydrogens (tertiary/aromatic N) is 1. The van der Waals surface area contributed by atoms with Gasteiger partial charge in [-0.2, -0.15) is 0 Å². The molecule has 7 heteroatoms. The Bertz CT molecular complexity index is 1000. The summed E-state index contributed by atoms with van der Waals surface area (Å²) in [5.74, 6) is -0.520. The maximum absolute atomic E-state index is 13.4. The van der Waals surface area contributed by atoms with Crippen LogP contribution in [-0.2, 0) is 19.3 Å². The second kappa shape index (κ2) is 8.19. The Kier molecular flexibility index (Phi) is 5.63. The van der Waals surface area contributed by atoms with E-state index in [0.717, 1.165) is 67.3 Å². The predicted octanol–water partition coefficient (Wildman–Crippen LogP) is 4.98. The highest BCUT2D eigenvalue weighted by atomic mass is 35.5. The number of aromatic nitrogens is 1. The molecule has 0 saturated carbocycles. The Morgan fingerprint density at radius 3 is 2.72 bits per heavy atom. The molecule has 2 aromatic rings. The summed E-state index contributed by atoms with van der Waals surface area (Å²) in [6, 6.07) is 3.83. The van der Waals surface area contributed by atoms with Crippen LogP contribution in [0.3, 0.4) is 0 Å². The van der Waals surface area contributed by atoms with Gasteiger partial charge in [0.05, 0.1) is 11.1 Å². The summed E-state index contributed by atoms with van der Waals surface area (Å²) in [5, 5.41) is 2.82. The number of amides is 2. The van der Waals surface area contributed by atoms with E-state index >= 15 is 0 Å². The number of carbonyl (C=O) groups excluding carboxylic acids is 1. The maximum atomic E-state index is 13.4. The number of halogens is 2. The van der Waals surface area contributed by atoms with E-state index in [1.165, 1.54) is 18.2 Å². The number of hydrogen-bond donors (Lipinski definition) is 2. The van der Waals surface area contributed by atoms with Gasteiger partial charge in [-0.25, -0.2) is 9.18 Å². The van der Waals surface area contributed by atoms with Crippen LogP contribution in [-0.4, -0.2) is 22.5 Å². The Morgan fingerprint density at radius 1 is 1.24 bits per heavy atom. The molecule has 1 aromatic heterocycles. The summed E-state index contributed by atoms with van der Waals surface area (Å²) in [4.78, 5) is 30.5. The van der Waals surface area contributed by atoms with Crippen molar-refractivity contribution in [1.82, 2.24) is 9.88 Å². The van der Waals surface area contributed by atoms with Crippen LogP contribution in [0.25, 0.3) is 0 Å². The first-order valence-corrected chi connectivity index (χ1v) is 10.7. The fourth-order valence-electron chi connectivity index (χ4n) is 4.72. The number of aryl methyl sites for hydroxylation is 1. The number of pyridine rings is 1. The number of carbonyl (C=O) groups is 1. The molecular formula is C22H25ClFN3O2. The molecule has 2 aliphatic rings. The number of benzene rings is 1. The molecule has 0 radical (unpaired) electrons. The number of aromatic amines is 1. The van der Waals surface area contributed by atoms with Crippen molar-refractivity contribution in [2.45, 2.75) is 57.9 Å². The maximum Gasteiger partial charge on any atom is 0.322 e. The van der Waals surface area contributed by atoms with Crippen molar-refractivity contribution in [1.29, 1.82) is 0 Å². The summed E-state index contributed by atoms with van der Waals surface area (Å²) in [7, 11) is 0. The van der Waals surface area contributed by atoms with Crippen molar-refractivity contribution in [2.75, 3.05) is 11.9 Å². The van der Waals surface area contributed by atoms with E-state index in [9.17, 15) is 14.0 Å². The summed E-state index contributed by atoms with van der Waals surface area (Å²) in [5.41, 5.74) is 4.65. The van der Waals surface area contributed by atoms with Crippen LogP contribution >= 0.6 is 11.6 Å². The van der Waals surface area contributed by atoms with Gasteiger partial charge < -0.3 is 15.2 Å². The molecule has 0 spiro atoms. The van der Waals surface area contributed by atoms with Crippen molar-refractivity contribution in [2.24, 2.45) is 0 Å². The fraction of sp³-hybridized carbons (Fsp3) is 0.455. The minimum absolute atomic E-state index is 0.0273. The topological polar surface area (TPSA) is 65.2 Å². The Morgan fingerprint density at radius 2 is 2.00 bits per heavy atom. The minimum Gasteiger partial charge on any atom is -0.326 e. The zero-order valence-corrected chi connectivity index (χ0v) is 17.2. The molecule has 4 rings (SSSR count). The van der Waals surface area contributed by atoms with Crippen LogP contribution in [0.5, 0.6) is 0 Å². The molecule has 29 heavy (non-hydrogen) atoms. The van der Waals surface area contributed by atoms with Gasteiger partial charge in [-0.05, 0) is 81.2 Å². The van der Waals surface area contributed by atoms with Gasteiger partial charge >= 0.3 is 6.03 Å². The van der Waals surface area contributed by atoms with E-state index in [2.05, 4.69) is 10.3 Å². The number of fused-ring (bicyclic) bond motifs is 3. The van der Waals surface area contributed by atoms with Crippen molar-refractivity contribution in [3.8, 4) is 0 Å². The predicted molar refractivity (Wildman–Crippen MR) is 112 cm³/mol. The Hall–Kier alpha value is -2.34. The second-order valence-electron chi connectivity index (χ2n) is 7.76. The molecule has 0 saturated heterocycles. The quantitative estimate of drug-likeness (QED) is 0.739. The van der Waals surface area contributed by atoms with Crippen molar-refractivity contribution < 1.29 is 9.18 Å². The molecule has 1 aromatic carbocycles. The third-order valence-corrected chi connectivity index (χ3v) is 6.33. The highest BCUT2D eigenvalue weighted by Crippen LogP contribution is 2.38. The third kappa shape index (κ3) is 3.78. The van der Waals surface area contributed by atoms with Gasteiger partial charge in [-0.15, -0.1) is 0 Å². The largest absolute Gasteiger partial charge is 0.326 e. The van der Waals surface area contributed by atoms with Crippen molar-refractivity contribution >= 4 is 23.3 Å². The van der Waals surface area contributed by atoms with Crippen LogP contribution in [0.15, 0.2) is 23.0 Å².